The number of aryl methyl sites for hydroxylation is 1. The number of rotatable bonds is 12. The Morgan fingerprint density at radius 3 is 2.64 bits per heavy atom. The van der Waals surface area contributed by atoms with Crippen molar-refractivity contribution in [3.63, 3.8) is 0 Å². The zero-order chi connectivity index (χ0) is 29.6. The molecule has 42 heavy (non-hydrogen) atoms. The van der Waals surface area contributed by atoms with Gasteiger partial charge in [0.15, 0.2) is 23.0 Å². The Labute approximate surface area is 241 Å². The first kappa shape index (κ1) is 28.2. The van der Waals surface area contributed by atoms with Gasteiger partial charge in [-0.1, -0.05) is 19.4 Å². The lowest BCUT2D eigenvalue weighted by Crippen LogP contribution is -2.09. The van der Waals surface area contributed by atoms with Gasteiger partial charge in [0, 0.05) is 30.7 Å². The molecular weight excluding hydrogens is 542 g/mol. The van der Waals surface area contributed by atoms with Gasteiger partial charge in [-0.05, 0) is 48.4 Å². The molecule has 0 amide bonds. The zero-order valence-corrected chi connectivity index (χ0v) is 23.1. The Morgan fingerprint density at radius 2 is 1.88 bits per heavy atom. The third kappa shape index (κ3) is 6.04. The summed E-state index contributed by atoms with van der Waals surface area (Å²) in [7, 11) is 1.51. The van der Waals surface area contributed by atoms with E-state index in [1.807, 2.05) is 4.57 Å². The molecule has 1 aliphatic rings. The van der Waals surface area contributed by atoms with Gasteiger partial charge in [0.25, 0.3) is 0 Å². The van der Waals surface area contributed by atoms with E-state index in [0.717, 1.165) is 18.4 Å². The van der Waals surface area contributed by atoms with Crippen molar-refractivity contribution < 1.29 is 38.7 Å². The monoisotopic (exact) mass is 571 g/mol. The molecule has 0 spiro atoms. The molecule has 0 bridgehead atoms. The van der Waals surface area contributed by atoms with Crippen molar-refractivity contribution in [2.45, 2.75) is 32.6 Å². The molecule has 2 aromatic carbocycles. The van der Waals surface area contributed by atoms with Crippen LogP contribution in [0.1, 0.15) is 47.2 Å². The van der Waals surface area contributed by atoms with Crippen molar-refractivity contribution in [1.82, 2.24) is 14.5 Å². The number of carbonyl (C=O) groups is 2. The van der Waals surface area contributed by atoms with Crippen LogP contribution >= 0.6 is 0 Å². The molecule has 0 saturated carbocycles. The maximum absolute atomic E-state index is 12.4. The van der Waals surface area contributed by atoms with Gasteiger partial charge >= 0.3 is 11.9 Å². The average Bonchev–Trinajstić information content (AvgIpc) is 3.62. The second-order valence-corrected chi connectivity index (χ2v) is 9.49. The van der Waals surface area contributed by atoms with E-state index in [1.54, 1.807) is 48.7 Å². The second kappa shape index (κ2) is 12.5. The summed E-state index contributed by atoms with van der Waals surface area (Å²) in [5.74, 6) is 0.435. The van der Waals surface area contributed by atoms with Crippen LogP contribution in [0.4, 0.5) is 0 Å². The van der Waals surface area contributed by atoms with Crippen molar-refractivity contribution >= 4 is 18.0 Å². The van der Waals surface area contributed by atoms with Gasteiger partial charge < -0.3 is 29.2 Å². The fourth-order valence-electron chi connectivity index (χ4n) is 4.58. The molecule has 11 heteroatoms. The van der Waals surface area contributed by atoms with E-state index >= 15 is 0 Å². The van der Waals surface area contributed by atoms with Crippen molar-refractivity contribution in [1.29, 1.82) is 0 Å². The van der Waals surface area contributed by atoms with Crippen LogP contribution in [-0.2, 0) is 17.6 Å². The number of aliphatic carboxylic acids is 1. The van der Waals surface area contributed by atoms with E-state index in [4.69, 9.17) is 18.9 Å². The second-order valence-electron chi connectivity index (χ2n) is 9.49. The largest absolute Gasteiger partial charge is 0.497 e. The summed E-state index contributed by atoms with van der Waals surface area (Å²) in [6, 6.07) is 11.8. The molecule has 0 radical (unpaired) electrons. The van der Waals surface area contributed by atoms with Crippen LogP contribution in [0.25, 0.3) is 11.8 Å². The van der Waals surface area contributed by atoms with Crippen LogP contribution in [0, 0.1) is 0 Å². The molecule has 0 unspecified atom stereocenters. The number of carboxylic acid groups (broad SMARTS) is 2. The van der Waals surface area contributed by atoms with Gasteiger partial charge in [-0.15, -0.1) is 0 Å². The van der Waals surface area contributed by atoms with E-state index in [-0.39, 0.29) is 35.8 Å². The van der Waals surface area contributed by atoms with Crippen LogP contribution < -0.4 is 18.9 Å². The fraction of sp³-hybridized carbons (Fsp3) is 0.226. The SMILES string of the molecule is CCCCc1ncc(C=C(Cc2ccc3c(c2)OCO3)C(=O)O)n1-c1ccc(OC)cc1Oc1cnccc1C(=O)O. The molecule has 0 fully saturated rings. The third-order valence-electron chi connectivity index (χ3n) is 6.69. The molecule has 1 aliphatic heterocycles. The molecular formula is C31H29N3O8. The minimum absolute atomic E-state index is 0.0425. The van der Waals surface area contributed by atoms with Gasteiger partial charge in [-0.25, -0.2) is 14.6 Å². The summed E-state index contributed by atoms with van der Waals surface area (Å²) in [4.78, 5) is 32.9. The summed E-state index contributed by atoms with van der Waals surface area (Å²) >= 11 is 0. The van der Waals surface area contributed by atoms with Crippen molar-refractivity contribution in [3.8, 4) is 34.4 Å². The minimum Gasteiger partial charge on any atom is -0.497 e. The first-order valence-corrected chi connectivity index (χ1v) is 13.3. The van der Waals surface area contributed by atoms with E-state index < -0.39 is 11.9 Å². The minimum atomic E-state index is -1.17. The van der Waals surface area contributed by atoms with Crippen LogP contribution in [-0.4, -0.2) is 50.6 Å². The molecule has 216 valence electrons. The maximum Gasteiger partial charge on any atom is 0.339 e. The summed E-state index contributed by atoms with van der Waals surface area (Å²) in [6.07, 6.45) is 8.42. The highest BCUT2D eigenvalue weighted by molar-refractivity contribution is 5.92. The standard InChI is InChI=1S/C31H29N3O8/c1-3-4-5-29-33-16-21(14-20(30(35)36)12-19-6-9-25-27(13-19)41-18-40-25)34(29)24-8-7-22(39-2)15-26(24)42-28-17-32-11-10-23(28)31(37)38/h6-11,13-17H,3-5,12,18H2,1-2H3,(H,35,36)(H,37,38). The van der Waals surface area contributed by atoms with Crippen molar-refractivity contribution in [2.24, 2.45) is 0 Å². The number of fused-ring (bicyclic) bond motifs is 1. The lowest BCUT2D eigenvalue weighted by molar-refractivity contribution is -0.132. The molecule has 3 heterocycles. The fourth-order valence-corrected chi connectivity index (χ4v) is 4.58. The Morgan fingerprint density at radius 1 is 1.05 bits per heavy atom. The number of nitrogens with zero attached hydrogens (tertiary/aromatic N) is 3. The lowest BCUT2D eigenvalue weighted by atomic mass is 10.0. The number of carboxylic acids is 2. The third-order valence-corrected chi connectivity index (χ3v) is 6.69. The quantitative estimate of drug-likeness (QED) is 0.208. The van der Waals surface area contributed by atoms with Crippen LogP contribution in [0.5, 0.6) is 28.7 Å². The highest BCUT2D eigenvalue weighted by Crippen LogP contribution is 2.36. The molecule has 2 aromatic heterocycles. The number of hydrogen-bond acceptors (Lipinski definition) is 8. The summed E-state index contributed by atoms with van der Waals surface area (Å²) < 4.78 is 24.2. The zero-order valence-electron chi connectivity index (χ0n) is 23.1. The van der Waals surface area contributed by atoms with Crippen molar-refractivity contribution in [3.05, 3.63) is 89.3 Å². The number of ether oxygens (including phenoxy) is 4. The number of imidazole rings is 1. The average molecular weight is 572 g/mol. The molecule has 4 aromatic rings. The van der Waals surface area contributed by atoms with Crippen LogP contribution in [0.15, 0.2) is 66.6 Å². The highest BCUT2D eigenvalue weighted by atomic mass is 16.7. The Hall–Kier alpha value is -5.32. The number of unbranched alkanes of at least 4 members (excludes halogenated alkanes) is 1. The lowest BCUT2D eigenvalue weighted by Gasteiger charge is -2.18. The van der Waals surface area contributed by atoms with E-state index in [1.165, 1.54) is 25.6 Å². The Bertz CT molecular complexity index is 1660. The highest BCUT2D eigenvalue weighted by Gasteiger charge is 2.21. The van der Waals surface area contributed by atoms with E-state index in [0.29, 0.717) is 40.9 Å². The summed E-state index contributed by atoms with van der Waals surface area (Å²) in [5.41, 5.74) is 1.86. The van der Waals surface area contributed by atoms with Gasteiger partial charge in [0.1, 0.15) is 17.1 Å². The molecule has 5 rings (SSSR count). The Balaban J connectivity index is 1.61. The summed E-state index contributed by atoms with van der Waals surface area (Å²) in [6.45, 7) is 2.19. The molecule has 11 nitrogen and oxygen atoms in total. The molecule has 0 atom stereocenters. The van der Waals surface area contributed by atoms with Crippen molar-refractivity contribution in [2.75, 3.05) is 13.9 Å². The first-order valence-electron chi connectivity index (χ1n) is 13.3. The number of methoxy groups -OCH3 is 1. The van der Waals surface area contributed by atoms with E-state index in [2.05, 4.69) is 16.9 Å². The number of aromatic nitrogens is 3. The molecule has 0 aliphatic carbocycles. The smallest absolute Gasteiger partial charge is 0.339 e. The van der Waals surface area contributed by atoms with Crippen LogP contribution in [0.3, 0.4) is 0 Å². The predicted molar refractivity (Wildman–Crippen MR) is 152 cm³/mol. The number of aromatic carboxylic acids is 1. The number of hydrogen-bond donors (Lipinski definition) is 2. The normalized spacial score (nSPS) is 12.3. The van der Waals surface area contributed by atoms with Gasteiger partial charge in [0.05, 0.1) is 30.9 Å². The number of benzene rings is 2. The predicted octanol–water partition coefficient (Wildman–Crippen LogP) is 5.55. The van der Waals surface area contributed by atoms with E-state index in [9.17, 15) is 19.8 Å². The topological polar surface area (TPSA) is 142 Å². The van der Waals surface area contributed by atoms with Gasteiger partial charge in [-0.3, -0.25) is 9.55 Å². The first-order chi connectivity index (χ1) is 20.4. The summed E-state index contributed by atoms with van der Waals surface area (Å²) in [5, 5.41) is 19.8. The number of pyridine rings is 1. The van der Waals surface area contributed by atoms with Crippen LogP contribution in [0.2, 0.25) is 0 Å². The molecule has 2 N–H and O–H groups in total. The Kier molecular flexibility index (Phi) is 8.37. The van der Waals surface area contributed by atoms with Gasteiger partial charge in [-0.2, -0.15) is 0 Å². The maximum atomic E-state index is 12.4. The van der Waals surface area contributed by atoms with Gasteiger partial charge in [0.2, 0.25) is 6.79 Å². The molecule has 0 saturated heterocycles.